The molecule has 6 heteroatoms. The third kappa shape index (κ3) is 6.44. The molecule has 118 valence electrons. The topological polar surface area (TPSA) is 91.6 Å². The van der Waals surface area contributed by atoms with Crippen LogP contribution >= 0.6 is 0 Å². The molecule has 0 bridgehead atoms. The van der Waals surface area contributed by atoms with Crippen LogP contribution in [0.3, 0.4) is 0 Å². The lowest BCUT2D eigenvalue weighted by molar-refractivity contribution is -0.122. The smallest absolute Gasteiger partial charge is 0.286 e. The quantitative estimate of drug-likeness (QED) is 0.662. The van der Waals surface area contributed by atoms with Gasteiger partial charge in [-0.2, -0.15) is 0 Å². The van der Waals surface area contributed by atoms with Gasteiger partial charge in [0.2, 0.25) is 5.91 Å². The van der Waals surface area contributed by atoms with Crippen molar-refractivity contribution in [2.75, 3.05) is 13.1 Å². The van der Waals surface area contributed by atoms with Crippen LogP contribution in [0, 0.1) is 5.41 Å². The number of carbonyl (C=O) groups excluding carboxylic acids is 2. The maximum atomic E-state index is 11.6. The van der Waals surface area contributed by atoms with Gasteiger partial charge in [0.05, 0.1) is 12.4 Å². The van der Waals surface area contributed by atoms with E-state index < -0.39 is 6.10 Å². The number of aliphatic hydroxyl groups is 1. The Morgan fingerprint density at radius 1 is 1.33 bits per heavy atom. The number of hydrogen-bond acceptors (Lipinski definition) is 4. The van der Waals surface area contributed by atoms with Gasteiger partial charge in [-0.15, -0.1) is 0 Å². The van der Waals surface area contributed by atoms with Gasteiger partial charge in [-0.05, 0) is 24.0 Å². The molecule has 0 saturated carbocycles. The van der Waals surface area contributed by atoms with Crippen LogP contribution in [0.1, 0.15) is 44.2 Å². The van der Waals surface area contributed by atoms with Gasteiger partial charge in [-0.1, -0.05) is 20.8 Å². The van der Waals surface area contributed by atoms with E-state index in [9.17, 15) is 14.7 Å². The molecule has 0 aromatic carbocycles. The molecular formula is C15H24N2O4. The van der Waals surface area contributed by atoms with E-state index >= 15 is 0 Å². The standard InChI is InChI=1S/C15H24N2O4/c1-15(2,3)12(18)10-17-13(19)7-4-8-16-14(20)11-6-5-9-21-11/h5-6,9,12,18H,4,7-8,10H2,1-3H3,(H,16,20)(H,17,19). The molecule has 0 aliphatic carbocycles. The summed E-state index contributed by atoms with van der Waals surface area (Å²) in [6.45, 7) is 6.37. The van der Waals surface area contributed by atoms with Gasteiger partial charge in [-0.25, -0.2) is 0 Å². The van der Waals surface area contributed by atoms with Gasteiger partial charge >= 0.3 is 0 Å². The Morgan fingerprint density at radius 2 is 2.05 bits per heavy atom. The predicted octanol–water partition coefficient (Wildman–Crippen LogP) is 1.31. The Balaban J connectivity index is 2.12. The molecule has 6 nitrogen and oxygen atoms in total. The van der Waals surface area contributed by atoms with Gasteiger partial charge < -0.3 is 20.2 Å². The Labute approximate surface area is 124 Å². The third-order valence-electron chi connectivity index (χ3n) is 3.10. The van der Waals surface area contributed by atoms with Crippen LogP contribution in [0.5, 0.6) is 0 Å². The molecule has 1 unspecified atom stereocenters. The molecule has 1 atom stereocenters. The maximum Gasteiger partial charge on any atom is 0.286 e. The van der Waals surface area contributed by atoms with Crippen LogP contribution in [-0.2, 0) is 4.79 Å². The number of nitrogens with one attached hydrogen (secondary N) is 2. The van der Waals surface area contributed by atoms with Crippen molar-refractivity contribution < 1.29 is 19.1 Å². The highest BCUT2D eigenvalue weighted by atomic mass is 16.3. The lowest BCUT2D eigenvalue weighted by Gasteiger charge is -2.25. The lowest BCUT2D eigenvalue weighted by Crippen LogP contribution is -2.39. The highest BCUT2D eigenvalue weighted by Gasteiger charge is 2.22. The van der Waals surface area contributed by atoms with E-state index in [1.807, 2.05) is 20.8 Å². The average Bonchev–Trinajstić information content (AvgIpc) is 2.93. The van der Waals surface area contributed by atoms with Crippen molar-refractivity contribution in [2.24, 2.45) is 5.41 Å². The summed E-state index contributed by atoms with van der Waals surface area (Å²) in [7, 11) is 0. The molecule has 0 aliphatic heterocycles. The Bertz CT molecular complexity index is 449. The minimum Gasteiger partial charge on any atom is -0.459 e. The van der Waals surface area contributed by atoms with Crippen molar-refractivity contribution in [3.63, 3.8) is 0 Å². The summed E-state index contributed by atoms with van der Waals surface area (Å²) in [5.74, 6) is -0.165. The fourth-order valence-electron chi connectivity index (χ4n) is 1.55. The number of amides is 2. The molecule has 0 fully saturated rings. The summed E-state index contributed by atoms with van der Waals surface area (Å²) in [5, 5.41) is 15.2. The fraction of sp³-hybridized carbons (Fsp3) is 0.600. The van der Waals surface area contributed by atoms with Gasteiger partial charge in [0.15, 0.2) is 5.76 Å². The average molecular weight is 296 g/mol. The van der Waals surface area contributed by atoms with Crippen LogP contribution in [0.25, 0.3) is 0 Å². The monoisotopic (exact) mass is 296 g/mol. The molecule has 2 amide bonds. The van der Waals surface area contributed by atoms with Crippen LogP contribution in [-0.4, -0.2) is 36.1 Å². The van der Waals surface area contributed by atoms with Crippen LogP contribution in [0.2, 0.25) is 0 Å². The summed E-state index contributed by atoms with van der Waals surface area (Å²) in [6, 6.07) is 3.22. The zero-order chi connectivity index (χ0) is 15.9. The molecule has 3 N–H and O–H groups in total. The van der Waals surface area contributed by atoms with Crippen LogP contribution < -0.4 is 10.6 Å². The van der Waals surface area contributed by atoms with E-state index in [1.54, 1.807) is 12.1 Å². The SMILES string of the molecule is CC(C)(C)C(O)CNC(=O)CCCNC(=O)c1ccco1. The van der Waals surface area contributed by atoms with Crippen molar-refractivity contribution in [3.8, 4) is 0 Å². The van der Waals surface area contributed by atoms with Crippen molar-refractivity contribution in [2.45, 2.75) is 39.7 Å². The van der Waals surface area contributed by atoms with E-state index in [-0.39, 0.29) is 29.5 Å². The summed E-state index contributed by atoms with van der Waals surface area (Å²) in [5.41, 5.74) is -0.260. The van der Waals surface area contributed by atoms with Crippen molar-refractivity contribution in [1.29, 1.82) is 0 Å². The van der Waals surface area contributed by atoms with E-state index in [1.165, 1.54) is 6.26 Å². The molecule has 0 radical (unpaired) electrons. The first-order valence-electron chi connectivity index (χ1n) is 7.07. The summed E-state index contributed by atoms with van der Waals surface area (Å²) >= 11 is 0. The number of carbonyl (C=O) groups is 2. The Hall–Kier alpha value is -1.82. The highest BCUT2D eigenvalue weighted by Crippen LogP contribution is 2.18. The Kier molecular flexibility index (Phi) is 6.42. The lowest BCUT2D eigenvalue weighted by atomic mass is 9.89. The molecule has 1 aromatic rings. The second-order valence-corrected chi connectivity index (χ2v) is 6.02. The largest absolute Gasteiger partial charge is 0.459 e. The molecule has 1 rings (SSSR count). The number of aliphatic hydroxyl groups excluding tert-OH is 1. The molecule has 0 aliphatic rings. The summed E-state index contributed by atoms with van der Waals surface area (Å²) in [6.07, 6.45) is 1.68. The van der Waals surface area contributed by atoms with Gasteiger partial charge in [0, 0.05) is 19.5 Å². The molecular weight excluding hydrogens is 272 g/mol. The van der Waals surface area contributed by atoms with E-state index in [0.717, 1.165) is 0 Å². The van der Waals surface area contributed by atoms with Gasteiger partial charge in [0.1, 0.15) is 0 Å². The normalized spacial score (nSPS) is 12.8. The molecule has 21 heavy (non-hydrogen) atoms. The second-order valence-electron chi connectivity index (χ2n) is 6.02. The molecule has 1 heterocycles. The van der Waals surface area contributed by atoms with Crippen LogP contribution in [0.4, 0.5) is 0 Å². The maximum absolute atomic E-state index is 11.6. The zero-order valence-electron chi connectivity index (χ0n) is 12.8. The minimum atomic E-state index is -0.583. The fourth-order valence-corrected chi connectivity index (χ4v) is 1.55. The third-order valence-corrected chi connectivity index (χ3v) is 3.10. The summed E-state index contributed by atoms with van der Waals surface area (Å²) in [4.78, 5) is 23.1. The van der Waals surface area contributed by atoms with Crippen LogP contribution in [0.15, 0.2) is 22.8 Å². The number of hydrogen-bond donors (Lipinski definition) is 3. The van der Waals surface area contributed by atoms with Crippen molar-refractivity contribution in [3.05, 3.63) is 24.2 Å². The highest BCUT2D eigenvalue weighted by molar-refractivity contribution is 5.91. The first-order chi connectivity index (χ1) is 9.80. The van der Waals surface area contributed by atoms with E-state index in [4.69, 9.17) is 4.42 Å². The Morgan fingerprint density at radius 3 is 2.62 bits per heavy atom. The number of rotatable bonds is 7. The molecule has 0 spiro atoms. The van der Waals surface area contributed by atoms with Gasteiger partial charge in [-0.3, -0.25) is 9.59 Å². The van der Waals surface area contributed by atoms with E-state index in [2.05, 4.69) is 10.6 Å². The predicted molar refractivity (Wildman–Crippen MR) is 78.7 cm³/mol. The first-order valence-corrected chi connectivity index (χ1v) is 7.07. The zero-order valence-corrected chi connectivity index (χ0v) is 12.8. The first kappa shape index (κ1) is 17.2. The summed E-state index contributed by atoms with van der Waals surface area (Å²) < 4.78 is 4.95. The van der Waals surface area contributed by atoms with E-state index in [0.29, 0.717) is 19.4 Å². The molecule has 0 saturated heterocycles. The van der Waals surface area contributed by atoms with Gasteiger partial charge in [0.25, 0.3) is 5.91 Å². The van der Waals surface area contributed by atoms with Crippen molar-refractivity contribution >= 4 is 11.8 Å². The minimum absolute atomic E-state index is 0.134. The number of furan rings is 1. The second kappa shape index (κ2) is 7.83. The van der Waals surface area contributed by atoms with Crippen molar-refractivity contribution in [1.82, 2.24) is 10.6 Å². The molecule has 1 aromatic heterocycles.